The molecule has 2 aromatic rings. The Morgan fingerprint density at radius 2 is 2.27 bits per heavy atom. The van der Waals surface area contributed by atoms with Crippen molar-refractivity contribution in [2.75, 3.05) is 25.0 Å². The standard InChI is InChI=1S/C18H27N7O/c1-2-3-9-24-10-5-4-6-16(24)12-21-18(26)23-15-7-8-17(20-11-15)25-14-19-13-22-25/h7-8,11,13-14,16H,2-6,9-10,12H2,1H3,(H2,21,23,26)/t16-/m1/s1. The van der Waals surface area contributed by atoms with Crippen molar-refractivity contribution < 1.29 is 4.79 Å². The quantitative estimate of drug-likeness (QED) is 0.795. The maximum Gasteiger partial charge on any atom is 0.319 e. The van der Waals surface area contributed by atoms with Crippen LogP contribution in [0, 0.1) is 0 Å². The molecule has 8 nitrogen and oxygen atoms in total. The van der Waals surface area contributed by atoms with Gasteiger partial charge in [0.2, 0.25) is 0 Å². The van der Waals surface area contributed by atoms with Crippen molar-refractivity contribution in [1.82, 2.24) is 30.0 Å². The molecule has 0 saturated carbocycles. The van der Waals surface area contributed by atoms with Crippen molar-refractivity contribution in [2.24, 2.45) is 0 Å². The third-order valence-corrected chi connectivity index (χ3v) is 4.71. The lowest BCUT2D eigenvalue weighted by Gasteiger charge is -2.35. The van der Waals surface area contributed by atoms with Gasteiger partial charge in [-0.2, -0.15) is 5.10 Å². The van der Waals surface area contributed by atoms with Crippen LogP contribution in [0.15, 0.2) is 31.0 Å². The number of unbranched alkanes of at least 4 members (excludes halogenated alkanes) is 1. The first-order valence-electron chi connectivity index (χ1n) is 9.36. The van der Waals surface area contributed by atoms with Gasteiger partial charge in [-0.05, 0) is 44.5 Å². The van der Waals surface area contributed by atoms with Crippen LogP contribution in [0.3, 0.4) is 0 Å². The molecule has 0 aromatic carbocycles. The highest BCUT2D eigenvalue weighted by atomic mass is 16.2. The smallest absolute Gasteiger partial charge is 0.319 e. The van der Waals surface area contributed by atoms with E-state index < -0.39 is 0 Å². The summed E-state index contributed by atoms with van der Waals surface area (Å²) in [5, 5.41) is 9.86. The summed E-state index contributed by atoms with van der Waals surface area (Å²) in [5.74, 6) is 0.655. The highest BCUT2D eigenvalue weighted by Gasteiger charge is 2.22. The molecule has 1 aliphatic rings. The van der Waals surface area contributed by atoms with Gasteiger partial charge in [0, 0.05) is 12.6 Å². The Labute approximate surface area is 154 Å². The number of nitrogens with zero attached hydrogens (tertiary/aromatic N) is 5. The molecule has 1 fully saturated rings. The minimum absolute atomic E-state index is 0.193. The number of urea groups is 1. The highest BCUT2D eigenvalue weighted by molar-refractivity contribution is 5.89. The summed E-state index contributed by atoms with van der Waals surface area (Å²) in [6, 6.07) is 3.84. The SMILES string of the molecule is CCCCN1CCCC[C@@H]1CNC(=O)Nc1ccc(-n2cncn2)nc1. The lowest BCUT2D eigenvalue weighted by atomic mass is 10.0. The number of rotatable bonds is 7. The van der Waals surface area contributed by atoms with Crippen LogP contribution in [0.25, 0.3) is 5.82 Å². The number of aromatic nitrogens is 4. The van der Waals surface area contributed by atoms with E-state index in [9.17, 15) is 4.79 Å². The van der Waals surface area contributed by atoms with Gasteiger partial charge in [-0.25, -0.2) is 19.4 Å². The molecule has 0 aliphatic carbocycles. The van der Waals surface area contributed by atoms with Crippen LogP contribution in [0.4, 0.5) is 10.5 Å². The summed E-state index contributed by atoms with van der Waals surface area (Å²) < 4.78 is 1.57. The first-order valence-corrected chi connectivity index (χ1v) is 9.36. The van der Waals surface area contributed by atoms with Crippen molar-refractivity contribution in [3.63, 3.8) is 0 Å². The maximum absolute atomic E-state index is 12.2. The Morgan fingerprint density at radius 1 is 1.35 bits per heavy atom. The molecule has 0 radical (unpaired) electrons. The zero-order chi connectivity index (χ0) is 18.2. The Morgan fingerprint density at radius 3 is 3.00 bits per heavy atom. The van der Waals surface area contributed by atoms with E-state index in [2.05, 4.69) is 37.5 Å². The van der Waals surface area contributed by atoms with Gasteiger partial charge in [0.1, 0.15) is 12.7 Å². The minimum atomic E-state index is -0.193. The van der Waals surface area contributed by atoms with Crippen LogP contribution in [-0.2, 0) is 0 Å². The predicted molar refractivity (Wildman–Crippen MR) is 100 cm³/mol. The largest absolute Gasteiger partial charge is 0.336 e. The van der Waals surface area contributed by atoms with Gasteiger partial charge < -0.3 is 10.6 Å². The van der Waals surface area contributed by atoms with Crippen molar-refractivity contribution in [3.8, 4) is 5.82 Å². The van der Waals surface area contributed by atoms with Gasteiger partial charge in [0.05, 0.1) is 11.9 Å². The second-order valence-corrected chi connectivity index (χ2v) is 6.62. The molecular formula is C18H27N7O. The predicted octanol–water partition coefficient (Wildman–Crippen LogP) is 2.44. The molecule has 3 heterocycles. The topological polar surface area (TPSA) is 88.0 Å². The lowest BCUT2D eigenvalue weighted by molar-refractivity contribution is 0.145. The number of anilines is 1. The number of likely N-dealkylation sites (tertiary alicyclic amines) is 1. The third-order valence-electron chi connectivity index (χ3n) is 4.71. The van der Waals surface area contributed by atoms with Crippen LogP contribution >= 0.6 is 0 Å². The number of hydrogen-bond acceptors (Lipinski definition) is 5. The minimum Gasteiger partial charge on any atom is -0.336 e. The Hall–Kier alpha value is -2.48. The molecular weight excluding hydrogens is 330 g/mol. The van der Waals surface area contributed by atoms with E-state index in [-0.39, 0.29) is 6.03 Å². The molecule has 0 unspecified atom stereocenters. The second-order valence-electron chi connectivity index (χ2n) is 6.62. The van der Waals surface area contributed by atoms with E-state index in [4.69, 9.17) is 0 Å². The number of carbonyl (C=O) groups excluding carboxylic acids is 1. The molecule has 140 valence electrons. The van der Waals surface area contributed by atoms with Gasteiger partial charge >= 0.3 is 6.03 Å². The van der Waals surface area contributed by atoms with E-state index in [1.165, 1.54) is 32.0 Å². The summed E-state index contributed by atoms with van der Waals surface area (Å²) in [6.07, 6.45) is 10.7. The monoisotopic (exact) mass is 357 g/mol. The summed E-state index contributed by atoms with van der Waals surface area (Å²) in [7, 11) is 0. The van der Waals surface area contributed by atoms with Crippen LogP contribution < -0.4 is 10.6 Å². The number of pyridine rings is 1. The zero-order valence-corrected chi connectivity index (χ0v) is 15.3. The van der Waals surface area contributed by atoms with Crippen LogP contribution in [0.2, 0.25) is 0 Å². The molecule has 2 amide bonds. The molecule has 1 saturated heterocycles. The molecule has 0 bridgehead atoms. The van der Waals surface area contributed by atoms with Crippen LogP contribution in [0.5, 0.6) is 0 Å². The molecule has 3 rings (SSSR count). The second kappa shape index (κ2) is 9.28. The Bertz CT molecular complexity index is 671. The van der Waals surface area contributed by atoms with E-state index in [1.54, 1.807) is 29.3 Å². The first kappa shape index (κ1) is 18.3. The lowest BCUT2D eigenvalue weighted by Crippen LogP contribution is -2.47. The highest BCUT2D eigenvalue weighted by Crippen LogP contribution is 2.17. The van der Waals surface area contributed by atoms with Crippen molar-refractivity contribution in [2.45, 2.75) is 45.1 Å². The number of hydrogen-bond donors (Lipinski definition) is 2. The Balaban J connectivity index is 1.47. The fourth-order valence-corrected chi connectivity index (χ4v) is 3.25. The molecule has 8 heteroatoms. The molecule has 0 spiro atoms. The average molecular weight is 357 g/mol. The maximum atomic E-state index is 12.2. The van der Waals surface area contributed by atoms with Gasteiger partial charge in [-0.1, -0.05) is 19.8 Å². The van der Waals surface area contributed by atoms with Crippen molar-refractivity contribution in [1.29, 1.82) is 0 Å². The van der Waals surface area contributed by atoms with E-state index in [1.807, 2.05) is 0 Å². The van der Waals surface area contributed by atoms with Crippen molar-refractivity contribution >= 4 is 11.7 Å². The third kappa shape index (κ3) is 5.01. The number of nitrogens with one attached hydrogen (secondary N) is 2. The summed E-state index contributed by atoms with van der Waals surface area (Å²) >= 11 is 0. The van der Waals surface area contributed by atoms with Gasteiger partial charge in [0.25, 0.3) is 0 Å². The summed E-state index contributed by atoms with van der Waals surface area (Å²) in [6.45, 7) is 5.16. The first-order chi connectivity index (χ1) is 12.8. The van der Waals surface area contributed by atoms with Gasteiger partial charge in [0.15, 0.2) is 5.82 Å². The molecule has 2 N–H and O–H groups in total. The van der Waals surface area contributed by atoms with Gasteiger partial charge in [-0.15, -0.1) is 0 Å². The summed E-state index contributed by atoms with van der Waals surface area (Å²) in [5.41, 5.74) is 0.651. The molecule has 26 heavy (non-hydrogen) atoms. The van der Waals surface area contributed by atoms with Crippen molar-refractivity contribution in [3.05, 3.63) is 31.0 Å². The number of piperidine rings is 1. The summed E-state index contributed by atoms with van der Waals surface area (Å²) in [4.78, 5) is 22.9. The fraction of sp³-hybridized carbons (Fsp3) is 0.556. The number of amides is 2. The molecule has 1 atom stereocenters. The zero-order valence-electron chi connectivity index (χ0n) is 15.3. The van der Waals surface area contributed by atoms with Gasteiger partial charge in [-0.3, -0.25) is 4.90 Å². The average Bonchev–Trinajstić information content (AvgIpc) is 3.21. The number of carbonyl (C=O) groups is 1. The molecule has 2 aromatic heterocycles. The van der Waals surface area contributed by atoms with E-state index >= 15 is 0 Å². The normalized spacial score (nSPS) is 17.8. The van der Waals surface area contributed by atoms with E-state index in [0.717, 1.165) is 19.5 Å². The van der Waals surface area contributed by atoms with E-state index in [0.29, 0.717) is 24.1 Å². The fourth-order valence-electron chi connectivity index (χ4n) is 3.25. The van der Waals surface area contributed by atoms with Crippen LogP contribution in [0.1, 0.15) is 39.0 Å². The van der Waals surface area contributed by atoms with Crippen LogP contribution in [-0.4, -0.2) is 56.4 Å². The Kier molecular flexibility index (Phi) is 6.54. The molecule has 1 aliphatic heterocycles.